The smallest absolute Gasteiger partial charge is 0.229 e. The number of nitrogens with two attached hydrogens (primary N) is 1. The van der Waals surface area contributed by atoms with Crippen molar-refractivity contribution >= 4 is 38.9 Å². The molecule has 0 aliphatic heterocycles. The largest absolute Gasteiger partial charge is 0.399 e. The lowest BCUT2D eigenvalue weighted by Crippen LogP contribution is -2.29. The Morgan fingerprint density at radius 2 is 2.20 bits per heavy atom. The van der Waals surface area contributed by atoms with Crippen molar-refractivity contribution in [2.45, 2.75) is 19.4 Å². The summed E-state index contributed by atoms with van der Waals surface area (Å²) in [6, 6.07) is 9.55. The fraction of sp³-hybridized carbons (Fsp3) is 0.267. The first-order chi connectivity index (χ1) is 9.47. The van der Waals surface area contributed by atoms with E-state index < -0.39 is 0 Å². The number of halogens is 1. The van der Waals surface area contributed by atoms with Crippen molar-refractivity contribution in [3.63, 3.8) is 0 Å². The Labute approximate surface area is 131 Å². The van der Waals surface area contributed by atoms with Crippen LogP contribution in [0, 0.1) is 0 Å². The van der Waals surface area contributed by atoms with Gasteiger partial charge in [-0.1, -0.05) is 12.1 Å². The number of anilines is 1. The third kappa shape index (κ3) is 3.61. The molecular weight excluding hydrogens is 336 g/mol. The lowest BCUT2D eigenvalue weighted by Gasteiger charge is -2.21. The molecule has 0 radical (unpaired) electrons. The first-order valence-electron chi connectivity index (χ1n) is 6.30. The lowest BCUT2D eigenvalue weighted by atomic mass is 9.99. The van der Waals surface area contributed by atoms with Gasteiger partial charge in [0.25, 0.3) is 0 Å². The SMILES string of the molecule is CC(C(=O)N(C)Cc1cc(Br)cs1)c1cccc(N)c1. The number of carbonyl (C=O) groups excluding carboxylic acids is 1. The van der Waals surface area contributed by atoms with E-state index in [0.717, 1.165) is 14.9 Å². The normalized spacial score (nSPS) is 12.2. The molecule has 1 heterocycles. The first-order valence-corrected chi connectivity index (χ1v) is 7.98. The van der Waals surface area contributed by atoms with Crippen LogP contribution in [0.2, 0.25) is 0 Å². The molecule has 0 aliphatic carbocycles. The van der Waals surface area contributed by atoms with Crippen LogP contribution in [0.25, 0.3) is 0 Å². The van der Waals surface area contributed by atoms with E-state index in [2.05, 4.69) is 15.9 Å². The molecule has 0 saturated carbocycles. The Hall–Kier alpha value is -1.33. The molecule has 1 unspecified atom stereocenters. The maximum absolute atomic E-state index is 12.4. The second kappa shape index (κ2) is 6.41. The summed E-state index contributed by atoms with van der Waals surface area (Å²) in [5.74, 6) is -0.0907. The summed E-state index contributed by atoms with van der Waals surface area (Å²) in [6.07, 6.45) is 0. The van der Waals surface area contributed by atoms with Gasteiger partial charge in [0, 0.05) is 27.5 Å². The van der Waals surface area contributed by atoms with Crippen LogP contribution in [0.5, 0.6) is 0 Å². The third-order valence-corrected chi connectivity index (χ3v) is 4.85. The van der Waals surface area contributed by atoms with Gasteiger partial charge in [0.1, 0.15) is 0 Å². The molecule has 0 aliphatic rings. The molecule has 3 nitrogen and oxygen atoms in total. The average molecular weight is 353 g/mol. The van der Waals surface area contributed by atoms with E-state index in [1.807, 2.05) is 49.7 Å². The highest BCUT2D eigenvalue weighted by Crippen LogP contribution is 2.23. The number of nitrogens with zero attached hydrogens (tertiary/aromatic N) is 1. The number of likely N-dealkylation sites (N-methyl/N-ethyl adjacent to an activating group) is 1. The molecule has 0 fully saturated rings. The van der Waals surface area contributed by atoms with Gasteiger partial charge in [0.2, 0.25) is 5.91 Å². The predicted octanol–water partition coefficient (Wildman–Crippen LogP) is 3.85. The van der Waals surface area contributed by atoms with E-state index >= 15 is 0 Å². The molecule has 2 rings (SSSR count). The van der Waals surface area contributed by atoms with Crippen LogP contribution in [0.3, 0.4) is 0 Å². The highest BCUT2D eigenvalue weighted by molar-refractivity contribution is 9.10. The quantitative estimate of drug-likeness (QED) is 0.849. The van der Waals surface area contributed by atoms with E-state index in [1.165, 1.54) is 0 Å². The molecule has 0 saturated heterocycles. The lowest BCUT2D eigenvalue weighted by molar-refractivity contribution is -0.131. The molecule has 106 valence electrons. The topological polar surface area (TPSA) is 46.3 Å². The second-order valence-electron chi connectivity index (χ2n) is 4.82. The molecule has 0 bridgehead atoms. The van der Waals surface area contributed by atoms with Crippen molar-refractivity contribution in [3.05, 3.63) is 50.6 Å². The summed E-state index contributed by atoms with van der Waals surface area (Å²) in [6.45, 7) is 2.54. The fourth-order valence-corrected chi connectivity index (χ4v) is 3.55. The van der Waals surface area contributed by atoms with E-state index in [1.54, 1.807) is 16.2 Å². The Morgan fingerprint density at radius 1 is 1.45 bits per heavy atom. The molecule has 1 amide bonds. The maximum Gasteiger partial charge on any atom is 0.229 e. The Morgan fingerprint density at radius 3 is 2.80 bits per heavy atom. The van der Waals surface area contributed by atoms with Crippen LogP contribution >= 0.6 is 27.3 Å². The Balaban J connectivity index is 2.06. The van der Waals surface area contributed by atoms with Crippen LogP contribution in [-0.2, 0) is 11.3 Å². The number of rotatable bonds is 4. The molecule has 20 heavy (non-hydrogen) atoms. The summed E-state index contributed by atoms with van der Waals surface area (Å²) >= 11 is 5.07. The zero-order valence-electron chi connectivity index (χ0n) is 11.5. The second-order valence-corrected chi connectivity index (χ2v) is 6.73. The van der Waals surface area contributed by atoms with Gasteiger partial charge in [-0.25, -0.2) is 0 Å². The summed E-state index contributed by atoms with van der Waals surface area (Å²) in [7, 11) is 1.83. The average Bonchev–Trinajstić information content (AvgIpc) is 2.82. The van der Waals surface area contributed by atoms with Crippen molar-refractivity contribution in [1.29, 1.82) is 0 Å². The van der Waals surface area contributed by atoms with Crippen molar-refractivity contribution in [3.8, 4) is 0 Å². The highest BCUT2D eigenvalue weighted by Gasteiger charge is 2.19. The minimum Gasteiger partial charge on any atom is -0.399 e. The maximum atomic E-state index is 12.4. The molecule has 2 aromatic rings. The van der Waals surface area contributed by atoms with Gasteiger partial charge < -0.3 is 10.6 Å². The molecule has 5 heteroatoms. The van der Waals surface area contributed by atoms with Gasteiger partial charge in [-0.2, -0.15) is 0 Å². The van der Waals surface area contributed by atoms with Crippen molar-refractivity contribution in [2.75, 3.05) is 12.8 Å². The van der Waals surface area contributed by atoms with Gasteiger partial charge >= 0.3 is 0 Å². The molecule has 0 spiro atoms. The van der Waals surface area contributed by atoms with Gasteiger partial charge in [-0.3, -0.25) is 4.79 Å². The molecule has 1 atom stereocenters. The number of nitrogen functional groups attached to an aromatic ring is 1. The number of thiophene rings is 1. The number of amides is 1. The molecule has 1 aromatic carbocycles. The minimum atomic E-state index is -0.188. The monoisotopic (exact) mass is 352 g/mol. The summed E-state index contributed by atoms with van der Waals surface area (Å²) in [5.41, 5.74) is 7.41. The molecule has 1 aromatic heterocycles. The number of carbonyl (C=O) groups is 1. The Bertz CT molecular complexity index is 611. The zero-order chi connectivity index (χ0) is 14.7. The molecular formula is C15H17BrN2OS. The van der Waals surface area contributed by atoms with Crippen LogP contribution in [0.1, 0.15) is 23.3 Å². The predicted molar refractivity (Wildman–Crippen MR) is 87.8 cm³/mol. The van der Waals surface area contributed by atoms with E-state index in [4.69, 9.17) is 5.73 Å². The zero-order valence-corrected chi connectivity index (χ0v) is 13.9. The summed E-state index contributed by atoms with van der Waals surface area (Å²) in [5, 5.41) is 2.02. The number of benzene rings is 1. The van der Waals surface area contributed by atoms with Crippen LogP contribution in [0.15, 0.2) is 40.2 Å². The number of hydrogen-bond donors (Lipinski definition) is 1. The molecule has 2 N–H and O–H groups in total. The van der Waals surface area contributed by atoms with Gasteiger partial charge in [0.15, 0.2) is 0 Å². The van der Waals surface area contributed by atoms with Gasteiger partial charge in [0.05, 0.1) is 12.5 Å². The van der Waals surface area contributed by atoms with Crippen molar-refractivity contribution in [2.24, 2.45) is 0 Å². The van der Waals surface area contributed by atoms with Crippen molar-refractivity contribution < 1.29 is 4.79 Å². The summed E-state index contributed by atoms with van der Waals surface area (Å²) in [4.78, 5) is 15.4. The van der Waals surface area contributed by atoms with Crippen LogP contribution in [-0.4, -0.2) is 17.9 Å². The van der Waals surface area contributed by atoms with Crippen LogP contribution in [0.4, 0.5) is 5.69 Å². The Kier molecular flexibility index (Phi) is 4.83. The number of hydrogen-bond acceptors (Lipinski definition) is 3. The fourth-order valence-electron chi connectivity index (χ4n) is 2.05. The van der Waals surface area contributed by atoms with E-state index in [0.29, 0.717) is 12.2 Å². The van der Waals surface area contributed by atoms with Gasteiger partial charge in [-0.15, -0.1) is 11.3 Å². The van der Waals surface area contributed by atoms with E-state index in [9.17, 15) is 4.79 Å². The first kappa shape index (κ1) is 15.1. The third-order valence-electron chi connectivity index (χ3n) is 3.17. The van der Waals surface area contributed by atoms with Crippen LogP contribution < -0.4 is 5.73 Å². The van der Waals surface area contributed by atoms with E-state index in [-0.39, 0.29) is 11.8 Å². The standard InChI is InChI=1S/C15H17BrN2OS/c1-10(11-4-3-5-13(17)6-11)15(19)18(2)8-14-7-12(16)9-20-14/h3-7,9-10H,8,17H2,1-2H3. The summed E-state index contributed by atoms with van der Waals surface area (Å²) < 4.78 is 1.06. The minimum absolute atomic E-state index is 0.0973. The highest BCUT2D eigenvalue weighted by atomic mass is 79.9. The van der Waals surface area contributed by atoms with Crippen molar-refractivity contribution in [1.82, 2.24) is 4.90 Å². The van der Waals surface area contributed by atoms with Gasteiger partial charge in [-0.05, 0) is 46.6 Å².